The third-order valence-corrected chi connectivity index (χ3v) is 5.82. The minimum atomic E-state index is 0.616. The Hall–Kier alpha value is -1.52. The highest BCUT2D eigenvalue weighted by atomic mass is 32.1. The first-order valence-corrected chi connectivity index (χ1v) is 9.94. The van der Waals surface area contributed by atoms with Crippen LogP contribution in [-0.2, 0) is 6.42 Å². The van der Waals surface area contributed by atoms with E-state index >= 15 is 0 Å². The number of nitrogens with zero attached hydrogens (tertiary/aromatic N) is 1. The fourth-order valence-corrected chi connectivity index (χ4v) is 4.56. The first kappa shape index (κ1) is 17.3. The van der Waals surface area contributed by atoms with E-state index in [2.05, 4.69) is 23.3 Å². The maximum Gasteiger partial charge on any atom is 0.119 e. The Bertz CT molecular complexity index is 623. The average molecular weight is 345 g/mol. The third-order valence-electron chi connectivity index (χ3n) is 4.76. The Morgan fingerprint density at radius 1 is 1.21 bits per heavy atom. The van der Waals surface area contributed by atoms with Crippen LogP contribution in [0.15, 0.2) is 35.7 Å². The number of unbranched alkanes of at least 4 members (excludes halogenated alkanes) is 1. The van der Waals surface area contributed by atoms with Crippen LogP contribution in [-0.4, -0.2) is 24.6 Å². The zero-order chi connectivity index (χ0) is 16.8. The van der Waals surface area contributed by atoms with Crippen LogP contribution in [0.2, 0.25) is 0 Å². The lowest BCUT2D eigenvalue weighted by Gasteiger charge is -2.35. The van der Waals surface area contributed by atoms with Gasteiger partial charge in [0.15, 0.2) is 0 Å². The molecule has 0 spiro atoms. The molecular formula is C20H28N2OS. The van der Waals surface area contributed by atoms with Crippen LogP contribution in [0.25, 0.3) is 0 Å². The molecule has 3 rings (SSSR count). The van der Waals surface area contributed by atoms with Gasteiger partial charge in [0.05, 0.1) is 6.61 Å². The zero-order valence-electron chi connectivity index (χ0n) is 14.5. The van der Waals surface area contributed by atoms with E-state index in [0.29, 0.717) is 6.04 Å². The van der Waals surface area contributed by atoms with Gasteiger partial charge >= 0.3 is 0 Å². The number of benzene rings is 1. The van der Waals surface area contributed by atoms with Crippen molar-refractivity contribution in [3.8, 4) is 5.75 Å². The summed E-state index contributed by atoms with van der Waals surface area (Å²) in [7, 11) is 0. The largest absolute Gasteiger partial charge is 0.494 e. The summed E-state index contributed by atoms with van der Waals surface area (Å²) in [5.41, 5.74) is 8.06. The van der Waals surface area contributed by atoms with Crippen LogP contribution in [0, 0.1) is 0 Å². The van der Waals surface area contributed by atoms with Gasteiger partial charge in [-0.3, -0.25) is 4.90 Å². The smallest absolute Gasteiger partial charge is 0.119 e. The van der Waals surface area contributed by atoms with Crippen LogP contribution < -0.4 is 10.5 Å². The maximum absolute atomic E-state index is 5.84. The molecule has 2 aromatic rings. The number of fused-ring (bicyclic) bond motifs is 1. The molecular weight excluding hydrogens is 316 g/mol. The van der Waals surface area contributed by atoms with E-state index in [1.807, 2.05) is 35.6 Å². The van der Waals surface area contributed by atoms with Crippen molar-refractivity contribution in [2.45, 2.75) is 45.1 Å². The Morgan fingerprint density at radius 2 is 2.04 bits per heavy atom. The average Bonchev–Trinajstić information content (AvgIpc) is 3.07. The highest BCUT2D eigenvalue weighted by molar-refractivity contribution is 7.10. The molecule has 2 heterocycles. The van der Waals surface area contributed by atoms with E-state index < -0.39 is 0 Å². The minimum absolute atomic E-state index is 0.616. The summed E-state index contributed by atoms with van der Waals surface area (Å²) < 4.78 is 5.84. The lowest BCUT2D eigenvalue weighted by molar-refractivity contribution is 0.162. The number of anilines is 1. The van der Waals surface area contributed by atoms with Gasteiger partial charge in [-0.25, -0.2) is 0 Å². The molecule has 1 aliphatic rings. The number of thiophene rings is 1. The number of ether oxygens (including phenoxy) is 1. The highest BCUT2D eigenvalue weighted by Crippen LogP contribution is 2.37. The second-order valence-corrected chi connectivity index (χ2v) is 7.47. The third kappa shape index (κ3) is 4.31. The topological polar surface area (TPSA) is 38.5 Å². The molecule has 1 aromatic heterocycles. The predicted octanol–water partition coefficient (Wildman–Crippen LogP) is 4.89. The van der Waals surface area contributed by atoms with Gasteiger partial charge < -0.3 is 10.5 Å². The van der Waals surface area contributed by atoms with Crippen LogP contribution in [0.1, 0.15) is 49.1 Å². The van der Waals surface area contributed by atoms with Crippen molar-refractivity contribution < 1.29 is 4.74 Å². The first-order valence-electron chi connectivity index (χ1n) is 9.06. The molecule has 0 fully saturated rings. The molecule has 1 aromatic carbocycles. The Labute approximate surface area is 149 Å². The van der Waals surface area contributed by atoms with Crippen LogP contribution in [0.3, 0.4) is 0 Å². The van der Waals surface area contributed by atoms with Gasteiger partial charge in [0.2, 0.25) is 0 Å². The lowest BCUT2D eigenvalue weighted by atomic mass is 9.97. The second-order valence-electron chi connectivity index (χ2n) is 6.53. The summed E-state index contributed by atoms with van der Waals surface area (Å²) >= 11 is 1.94. The summed E-state index contributed by atoms with van der Waals surface area (Å²) in [6.45, 7) is 5.34. The molecule has 0 saturated carbocycles. The number of hydrogen-bond donors (Lipinski definition) is 1. The molecule has 0 aliphatic carbocycles. The quantitative estimate of drug-likeness (QED) is 0.547. The number of nitrogen functional groups attached to an aromatic ring is 1. The van der Waals surface area contributed by atoms with E-state index in [1.54, 1.807) is 10.4 Å². The summed E-state index contributed by atoms with van der Waals surface area (Å²) in [6, 6.07) is 10.6. The molecule has 24 heavy (non-hydrogen) atoms. The lowest BCUT2D eigenvalue weighted by Crippen LogP contribution is -2.35. The molecule has 1 aliphatic heterocycles. The SMILES string of the molecule is CCCCC1c2sccc2CCN1CCCOc1ccc(N)cc1. The van der Waals surface area contributed by atoms with Crippen molar-refractivity contribution in [3.05, 3.63) is 46.2 Å². The summed E-state index contributed by atoms with van der Waals surface area (Å²) in [6.07, 6.45) is 6.11. The van der Waals surface area contributed by atoms with Gasteiger partial charge in [0.25, 0.3) is 0 Å². The Kier molecular flexibility index (Phi) is 6.16. The van der Waals surface area contributed by atoms with E-state index in [-0.39, 0.29) is 0 Å². The number of rotatable bonds is 8. The number of nitrogens with two attached hydrogens (primary N) is 1. The fraction of sp³-hybridized carbons (Fsp3) is 0.500. The first-order chi connectivity index (χ1) is 11.8. The standard InChI is InChI=1S/C20H28N2OS/c1-2-3-5-19-20-16(11-15-24-20)10-13-22(19)12-4-14-23-18-8-6-17(21)7-9-18/h6-9,11,15,19H,2-5,10,12-14,21H2,1H3. The van der Waals surface area contributed by atoms with Crippen molar-refractivity contribution in [2.24, 2.45) is 0 Å². The van der Waals surface area contributed by atoms with Crippen molar-refractivity contribution in [1.29, 1.82) is 0 Å². The van der Waals surface area contributed by atoms with Crippen molar-refractivity contribution in [2.75, 3.05) is 25.4 Å². The van der Waals surface area contributed by atoms with Gasteiger partial charge in [0.1, 0.15) is 5.75 Å². The molecule has 130 valence electrons. The summed E-state index contributed by atoms with van der Waals surface area (Å²) in [4.78, 5) is 4.27. The summed E-state index contributed by atoms with van der Waals surface area (Å²) in [5, 5.41) is 2.26. The van der Waals surface area contributed by atoms with E-state index in [9.17, 15) is 0 Å². The van der Waals surface area contributed by atoms with Crippen molar-refractivity contribution >= 4 is 17.0 Å². The molecule has 1 unspecified atom stereocenters. The van der Waals surface area contributed by atoms with Crippen molar-refractivity contribution in [1.82, 2.24) is 4.90 Å². The molecule has 0 bridgehead atoms. The maximum atomic E-state index is 5.84. The van der Waals surface area contributed by atoms with Gasteiger partial charge in [-0.15, -0.1) is 11.3 Å². The molecule has 4 heteroatoms. The zero-order valence-corrected chi connectivity index (χ0v) is 15.4. The number of hydrogen-bond acceptors (Lipinski definition) is 4. The van der Waals surface area contributed by atoms with E-state index in [4.69, 9.17) is 10.5 Å². The van der Waals surface area contributed by atoms with Crippen LogP contribution >= 0.6 is 11.3 Å². The molecule has 0 radical (unpaired) electrons. The van der Waals surface area contributed by atoms with Crippen LogP contribution in [0.5, 0.6) is 5.75 Å². The van der Waals surface area contributed by atoms with Gasteiger partial charge in [0, 0.05) is 29.7 Å². The molecule has 2 N–H and O–H groups in total. The minimum Gasteiger partial charge on any atom is -0.494 e. The van der Waals surface area contributed by atoms with Gasteiger partial charge in [-0.1, -0.05) is 19.8 Å². The normalized spacial score (nSPS) is 17.6. The van der Waals surface area contributed by atoms with E-state index in [0.717, 1.165) is 31.0 Å². The van der Waals surface area contributed by atoms with E-state index in [1.165, 1.54) is 32.2 Å². The fourth-order valence-electron chi connectivity index (χ4n) is 3.43. The Balaban J connectivity index is 1.51. The van der Waals surface area contributed by atoms with Gasteiger partial charge in [-0.2, -0.15) is 0 Å². The molecule has 1 atom stereocenters. The molecule has 3 nitrogen and oxygen atoms in total. The second kappa shape index (κ2) is 8.54. The predicted molar refractivity (Wildman–Crippen MR) is 103 cm³/mol. The monoisotopic (exact) mass is 344 g/mol. The molecule has 0 saturated heterocycles. The van der Waals surface area contributed by atoms with Gasteiger partial charge in [-0.05, 0) is 60.5 Å². The molecule has 0 amide bonds. The highest BCUT2D eigenvalue weighted by Gasteiger charge is 2.27. The Morgan fingerprint density at radius 3 is 2.83 bits per heavy atom. The summed E-state index contributed by atoms with van der Waals surface area (Å²) in [5.74, 6) is 0.908. The van der Waals surface area contributed by atoms with Crippen molar-refractivity contribution in [3.63, 3.8) is 0 Å². The van der Waals surface area contributed by atoms with Crippen LogP contribution in [0.4, 0.5) is 5.69 Å².